The normalized spacial score (nSPS) is 25.7. The third-order valence-electron chi connectivity index (χ3n) is 5.56. The average Bonchev–Trinajstić information content (AvgIpc) is 2.90. The molecule has 1 aromatic rings. The monoisotopic (exact) mass is 392 g/mol. The molecule has 150 valence electrons. The second-order valence-corrected chi connectivity index (χ2v) is 9.57. The van der Waals surface area contributed by atoms with Crippen molar-refractivity contribution >= 4 is 28.2 Å². The van der Waals surface area contributed by atoms with Gasteiger partial charge in [0.25, 0.3) is 0 Å². The first kappa shape index (κ1) is 20.3. The Morgan fingerprint density at radius 3 is 2.56 bits per heavy atom. The number of hydrogen-bond donors (Lipinski definition) is 1. The van der Waals surface area contributed by atoms with Crippen LogP contribution in [0.2, 0.25) is 0 Å². The Hall–Kier alpha value is -1.40. The minimum Gasteiger partial charge on any atom is -0.462 e. The van der Waals surface area contributed by atoms with Gasteiger partial charge in [-0.05, 0) is 55.9 Å². The highest BCUT2D eigenvalue weighted by Crippen LogP contribution is 2.40. The third kappa shape index (κ3) is 4.91. The molecule has 2 heterocycles. The molecule has 1 fully saturated rings. The molecule has 27 heavy (non-hydrogen) atoms. The number of amides is 1. The Bertz CT molecular complexity index is 690. The maximum Gasteiger partial charge on any atom is 0.341 e. The van der Waals surface area contributed by atoms with Gasteiger partial charge in [-0.2, -0.15) is 0 Å². The highest BCUT2D eigenvalue weighted by molar-refractivity contribution is 7.17. The molecule has 3 atom stereocenters. The fourth-order valence-corrected chi connectivity index (χ4v) is 5.96. The summed E-state index contributed by atoms with van der Waals surface area (Å²) in [5, 5.41) is 3.71. The molecule has 1 aliphatic carbocycles. The third-order valence-corrected chi connectivity index (χ3v) is 6.73. The number of rotatable bonds is 5. The summed E-state index contributed by atoms with van der Waals surface area (Å²) in [5.41, 5.74) is 1.68. The number of esters is 1. The van der Waals surface area contributed by atoms with E-state index >= 15 is 0 Å². The van der Waals surface area contributed by atoms with E-state index in [1.807, 2.05) is 6.92 Å². The van der Waals surface area contributed by atoms with Crippen molar-refractivity contribution in [3.05, 3.63) is 16.0 Å². The maximum absolute atomic E-state index is 12.7. The molecule has 0 saturated carbocycles. The zero-order valence-electron chi connectivity index (χ0n) is 17.0. The second-order valence-electron chi connectivity index (χ2n) is 8.46. The summed E-state index contributed by atoms with van der Waals surface area (Å²) in [6.45, 7) is 11.2. The van der Waals surface area contributed by atoms with Gasteiger partial charge >= 0.3 is 5.97 Å². The van der Waals surface area contributed by atoms with Crippen LogP contribution in [0.25, 0.3) is 0 Å². The topological polar surface area (TPSA) is 58.6 Å². The molecule has 0 aromatic carbocycles. The van der Waals surface area contributed by atoms with Gasteiger partial charge in [0.05, 0.1) is 18.7 Å². The lowest BCUT2D eigenvalue weighted by Crippen LogP contribution is -2.42. The molecule has 0 spiro atoms. The second kappa shape index (κ2) is 8.74. The summed E-state index contributed by atoms with van der Waals surface area (Å²) in [6.07, 6.45) is 4.16. The molecule has 6 heteroatoms. The Morgan fingerprint density at radius 1 is 1.19 bits per heavy atom. The maximum atomic E-state index is 12.7. The van der Waals surface area contributed by atoms with Crippen LogP contribution >= 0.6 is 11.3 Å². The molecule has 2 aliphatic rings. The first-order chi connectivity index (χ1) is 12.9. The minimum atomic E-state index is -0.305. The summed E-state index contributed by atoms with van der Waals surface area (Å²) >= 11 is 1.56. The molecule has 1 amide bonds. The average molecular weight is 393 g/mol. The van der Waals surface area contributed by atoms with E-state index < -0.39 is 0 Å². The Morgan fingerprint density at radius 2 is 1.89 bits per heavy atom. The number of ether oxygens (including phenoxy) is 1. The van der Waals surface area contributed by atoms with Gasteiger partial charge in [-0.25, -0.2) is 4.79 Å². The van der Waals surface area contributed by atoms with Crippen LogP contribution in [0.4, 0.5) is 5.00 Å². The minimum absolute atomic E-state index is 0.0338. The molecule has 1 saturated heterocycles. The molecule has 1 aromatic heterocycles. The molecule has 3 unspecified atom stereocenters. The lowest BCUT2D eigenvalue weighted by molar-refractivity contribution is -0.117. The largest absolute Gasteiger partial charge is 0.462 e. The van der Waals surface area contributed by atoms with Crippen LogP contribution in [0, 0.1) is 17.8 Å². The molecular formula is C21H32N2O3S. The summed E-state index contributed by atoms with van der Waals surface area (Å²) in [6, 6.07) is 0. The van der Waals surface area contributed by atoms with Crippen LogP contribution in [0.1, 0.15) is 61.3 Å². The van der Waals surface area contributed by atoms with Gasteiger partial charge in [0, 0.05) is 18.0 Å². The van der Waals surface area contributed by atoms with Crippen LogP contribution in [0.5, 0.6) is 0 Å². The van der Waals surface area contributed by atoms with Gasteiger partial charge in [-0.3, -0.25) is 9.69 Å². The Balaban J connectivity index is 1.75. The van der Waals surface area contributed by atoms with Crippen molar-refractivity contribution in [3.8, 4) is 0 Å². The summed E-state index contributed by atoms with van der Waals surface area (Å²) in [7, 11) is 0. The SMILES string of the molecule is CCOC(=O)c1c(NC(=O)CN2CC(C)CC(C)C2)sc2c1CCC(C)C2. The fourth-order valence-electron chi connectivity index (χ4n) is 4.55. The van der Waals surface area contributed by atoms with Crippen molar-refractivity contribution in [3.63, 3.8) is 0 Å². The molecule has 1 aliphatic heterocycles. The number of nitrogens with one attached hydrogen (secondary N) is 1. The first-order valence-electron chi connectivity index (χ1n) is 10.2. The number of likely N-dealkylation sites (tertiary alicyclic amines) is 1. The van der Waals surface area contributed by atoms with Crippen molar-refractivity contribution in [2.24, 2.45) is 17.8 Å². The smallest absolute Gasteiger partial charge is 0.341 e. The van der Waals surface area contributed by atoms with Crippen LogP contribution in [0.15, 0.2) is 0 Å². The number of carbonyl (C=O) groups excluding carboxylic acids is 2. The van der Waals surface area contributed by atoms with Crippen molar-refractivity contribution in [1.29, 1.82) is 0 Å². The van der Waals surface area contributed by atoms with E-state index in [-0.39, 0.29) is 11.9 Å². The van der Waals surface area contributed by atoms with Gasteiger partial charge in [0.15, 0.2) is 0 Å². The highest BCUT2D eigenvalue weighted by Gasteiger charge is 2.30. The molecule has 5 nitrogen and oxygen atoms in total. The quantitative estimate of drug-likeness (QED) is 0.771. The van der Waals surface area contributed by atoms with Crippen LogP contribution in [0.3, 0.4) is 0 Å². The van der Waals surface area contributed by atoms with Crippen molar-refractivity contribution in [2.45, 2.75) is 53.4 Å². The van der Waals surface area contributed by atoms with Crippen LogP contribution in [-0.4, -0.2) is 43.0 Å². The lowest BCUT2D eigenvalue weighted by atomic mass is 9.88. The van der Waals surface area contributed by atoms with E-state index in [2.05, 4.69) is 31.0 Å². The van der Waals surface area contributed by atoms with E-state index in [9.17, 15) is 9.59 Å². The highest BCUT2D eigenvalue weighted by atomic mass is 32.1. The number of carbonyl (C=O) groups is 2. The zero-order chi connectivity index (χ0) is 19.6. The number of anilines is 1. The number of fused-ring (bicyclic) bond motifs is 1. The first-order valence-corrected chi connectivity index (χ1v) is 11.0. The van der Waals surface area contributed by atoms with Gasteiger partial charge in [0.2, 0.25) is 5.91 Å². The van der Waals surface area contributed by atoms with Crippen molar-refractivity contribution in [1.82, 2.24) is 4.90 Å². The molecular weight excluding hydrogens is 360 g/mol. The molecule has 1 N–H and O–H groups in total. The predicted octanol–water partition coefficient (Wildman–Crippen LogP) is 3.97. The van der Waals surface area contributed by atoms with Crippen molar-refractivity contribution in [2.75, 3.05) is 31.6 Å². The number of thiophene rings is 1. The summed E-state index contributed by atoms with van der Waals surface area (Å²) < 4.78 is 5.29. The number of hydrogen-bond acceptors (Lipinski definition) is 5. The van der Waals surface area contributed by atoms with E-state index in [1.165, 1.54) is 11.3 Å². The van der Waals surface area contributed by atoms with E-state index in [1.54, 1.807) is 11.3 Å². The summed E-state index contributed by atoms with van der Waals surface area (Å²) in [5.74, 6) is 1.51. The number of nitrogens with zero attached hydrogens (tertiary/aromatic N) is 1. The fraction of sp³-hybridized carbons (Fsp3) is 0.714. The van der Waals surface area contributed by atoms with Crippen LogP contribution < -0.4 is 5.32 Å². The Labute approximate surface area is 166 Å². The standard InChI is InChI=1S/C21H32N2O3S/c1-5-26-21(25)19-16-7-6-13(2)9-17(16)27-20(19)22-18(24)12-23-10-14(3)8-15(4)11-23/h13-15H,5-12H2,1-4H3,(H,22,24). The van der Waals surface area contributed by atoms with E-state index in [0.717, 1.165) is 37.9 Å². The molecule has 3 rings (SSSR count). The summed E-state index contributed by atoms with van der Waals surface area (Å²) in [4.78, 5) is 28.7. The molecule has 0 bridgehead atoms. The predicted molar refractivity (Wildman–Crippen MR) is 109 cm³/mol. The van der Waals surface area contributed by atoms with Gasteiger partial charge in [-0.1, -0.05) is 20.8 Å². The van der Waals surface area contributed by atoms with Crippen molar-refractivity contribution < 1.29 is 14.3 Å². The van der Waals surface area contributed by atoms with Gasteiger partial charge < -0.3 is 10.1 Å². The zero-order valence-corrected chi connectivity index (χ0v) is 17.8. The number of piperidine rings is 1. The Kier molecular flexibility index (Phi) is 6.58. The van der Waals surface area contributed by atoms with E-state index in [4.69, 9.17) is 4.74 Å². The van der Waals surface area contributed by atoms with Gasteiger partial charge in [0.1, 0.15) is 5.00 Å². The van der Waals surface area contributed by atoms with Crippen LogP contribution in [-0.2, 0) is 22.4 Å². The van der Waals surface area contributed by atoms with E-state index in [0.29, 0.717) is 41.5 Å². The lowest BCUT2D eigenvalue weighted by Gasteiger charge is -2.34. The van der Waals surface area contributed by atoms with Gasteiger partial charge in [-0.15, -0.1) is 11.3 Å². The molecule has 0 radical (unpaired) electrons.